The van der Waals surface area contributed by atoms with Gasteiger partial charge in [0.1, 0.15) is 17.0 Å². The lowest BCUT2D eigenvalue weighted by Crippen LogP contribution is -2.48. The maximum Gasteiger partial charge on any atom is 0.244 e. The van der Waals surface area contributed by atoms with E-state index < -0.39 is 5.54 Å². The zero-order chi connectivity index (χ0) is 17.7. The van der Waals surface area contributed by atoms with Gasteiger partial charge in [-0.2, -0.15) is 0 Å². The number of rotatable bonds is 6. The minimum atomic E-state index is -1.12. The summed E-state index contributed by atoms with van der Waals surface area (Å²) in [5.74, 6) is 1.08. The minimum absolute atomic E-state index is 0. The van der Waals surface area contributed by atoms with Crippen LogP contribution in [0.25, 0.3) is 0 Å². The van der Waals surface area contributed by atoms with E-state index in [1.54, 1.807) is 27.2 Å². The van der Waals surface area contributed by atoms with Crippen molar-refractivity contribution < 1.29 is 14.3 Å². The predicted octanol–water partition coefficient (Wildman–Crippen LogP) is 3.38. The molecular formula is C18H22BrClN2O3. The number of benzene rings is 2. The van der Waals surface area contributed by atoms with Gasteiger partial charge in [-0.1, -0.05) is 28.1 Å². The van der Waals surface area contributed by atoms with Gasteiger partial charge < -0.3 is 20.5 Å². The van der Waals surface area contributed by atoms with Crippen LogP contribution in [0.2, 0.25) is 0 Å². The van der Waals surface area contributed by atoms with Gasteiger partial charge in [-0.15, -0.1) is 12.4 Å². The third-order valence-electron chi connectivity index (χ3n) is 3.85. The molecule has 5 nitrogen and oxygen atoms in total. The van der Waals surface area contributed by atoms with Crippen LogP contribution in [0.3, 0.4) is 0 Å². The third kappa shape index (κ3) is 5.11. The van der Waals surface area contributed by atoms with Crippen LogP contribution < -0.4 is 20.5 Å². The number of carbonyl (C=O) groups is 1. The lowest BCUT2D eigenvalue weighted by Gasteiger charge is -2.24. The van der Waals surface area contributed by atoms with Crippen molar-refractivity contribution in [3.05, 3.63) is 58.1 Å². The summed E-state index contributed by atoms with van der Waals surface area (Å²) in [5, 5.41) is 2.87. The van der Waals surface area contributed by atoms with Gasteiger partial charge in [-0.25, -0.2) is 0 Å². The highest BCUT2D eigenvalue weighted by Crippen LogP contribution is 2.25. The van der Waals surface area contributed by atoms with Crippen molar-refractivity contribution in [3.8, 4) is 11.5 Å². The fraction of sp³-hybridized carbons (Fsp3) is 0.278. The molecule has 0 aliphatic rings. The third-order valence-corrected chi connectivity index (χ3v) is 4.38. The highest BCUT2D eigenvalue weighted by Gasteiger charge is 2.30. The topological polar surface area (TPSA) is 73.6 Å². The first-order valence-corrected chi connectivity index (χ1v) is 8.22. The van der Waals surface area contributed by atoms with Crippen LogP contribution in [-0.2, 0) is 16.9 Å². The highest BCUT2D eigenvalue weighted by atomic mass is 79.9. The largest absolute Gasteiger partial charge is 0.497 e. The van der Waals surface area contributed by atoms with Crippen LogP contribution in [0.4, 0.5) is 0 Å². The van der Waals surface area contributed by atoms with Crippen LogP contribution >= 0.6 is 28.3 Å². The highest BCUT2D eigenvalue weighted by molar-refractivity contribution is 9.10. The molecule has 0 bridgehead atoms. The molecule has 1 atom stereocenters. The van der Waals surface area contributed by atoms with Gasteiger partial charge in [-0.3, -0.25) is 4.79 Å². The average Bonchev–Trinajstić information content (AvgIpc) is 2.59. The van der Waals surface area contributed by atoms with E-state index in [1.165, 1.54) is 0 Å². The van der Waals surface area contributed by atoms with E-state index in [4.69, 9.17) is 15.2 Å². The van der Waals surface area contributed by atoms with Gasteiger partial charge in [0.25, 0.3) is 0 Å². The zero-order valence-electron chi connectivity index (χ0n) is 14.3. The Morgan fingerprint density at radius 2 is 1.80 bits per heavy atom. The van der Waals surface area contributed by atoms with Crippen LogP contribution in [-0.4, -0.2) is 20.1 Å². The molecule has 2 rings (SSSR count). The van der Waals surface area contributed by atoms with E-state index in [0.717, 1.165) is 15.6 Å². The normalized spacial score (nSPS) is 12.5. The fourth-order valence-corrected chi connectivity index (χ4v) is 2.55. The van der Waals surface area contributed by atoms with Crippen LogP contribution in [0, 0.1) is 0 Å². The Morgan fingerprint density at radius 1 is 1.16 bits per heavy atom. The van der Waals surface area contributed by atoms with Crippen LogP contribution in [0.1, 0.15) is 18.1 Å². The van der Waals surface area contributed by atoms with E-state index in [9.17, 15) is 4.79 Å². The smallest absolute Gasteiger partial charge is 0.244 e. The first kappa shape index (κ1) is 21.3. The van der Waals surface area contributed by atoms with Gasteiger partial charge in [0.15, 0.2) is 0 Å². The molecule has 0 aromatic heterocycles. The van der Waals surface area contributed by atoms with Crippen molar-refractivity contribution in [1.82, 2.24) is 5.32 Å². The Hall–Kier alpha value is -1.76. The molecule has 2 aromatic carbocycles. The summed E-state index contributed by atoms with van der Waals surface area (Å²) in [6, 6.07) is 12.8. The summed E-state index contributed by atoms with van der Waals surface area (Å²) >= 11 is 3.37. The number of halogens is 2. The van der Waals surface area contributed by atoms with Crippen molar-refractivity contribution in [2.45, 2.75) is 19.0 Å². The van der Waals surface area contributed by atoms with Gasteiger partial charge in [0.05, 0.1) is 14.2 Å². The quantitative estimate of drug-likeness (QED) is 0.738. The van der Waals surface area contributed by atoms with Crippen LogP contribution in [0.5, 0.6) is 11.5 Å². The molecule has 136 valence electrons. The van der Waals surface area contributed by atoms with E-state index in [0.29, 0.717) is 18.0 Å². The van der Waals surface area contributed by atoms with Crippen molar-refractivity contribution >= 4 is 34.2 Å². The summed E-state index contributed by atoms with van der Waals surface area (Å²) in [7, 11) is 3.17. The molecule has 1 amide bonds. The second-order valence-electron chi connectivity index (χ2n) is 5.57. The first-order valence-electron chi connectivity index (χ1n) is 7.42. The van der Waals surface area contributed by atoms with Gasteiger partial charge >= 0.3 is 0 Å². The molecule has 0 spiro atoms. The first-order chi connectivity index (χ1) is 11.4. The molecule has 0 fully saturated rings. The number of amides is 1. The van der Waals surface area contributed by atoms with E-state index in [-0.39, 0.29) is 18.3 Å². The lowest BCUT2D eigenvalue weighted by molar-refractivity contribution is -0.126. The molecule has 0 aliphatic carbocycles. The minimum Gasteiger partial charge on any atom is -0.497 e. The second kappa shape index (κ2) is 9.08. The van der Waals surface area contributed by atoms with Crippen molar-refractivity contribution in [2.24, 2.45) is 5.73 Å². The number of methoxy groups -OCH3 is 2. The maximum absolute atomic E-state index is 12.5. The van der Waals surface area contributed by atoms with E-state index in [2.05, 4.69) is 21.2 Å². The maximum atomic E-state index is 12.5. The molecule has 0 saturated carbocycles. The molecule has 3 N–H and O–H groups in total. The molecule has 0 aliphatic heterocycles. The fourth-order valence-electron chi connectivity index (χ4n) is 2.28. The molecule has 0 heterocycles. The standard InChI is InChI=1S/C18H21BrN2O3.ClH/c1-18(20,13-5-7-14(19)8-6-13)17(22)21-11-12-4-9-15(23-2)10-16(12)24-3;/h4-10H,11,20H2,1-3H3,(H,21,22);1H. The second-order valence-corrected chi connectivity index (χ2v) is 6.49. The van der Waals surface area contributed by atoms with E-state index >= 15 is 0 Å². The summed E-state index contributed by atoms with van der Waals surface area (Å²) in [4.78, 5) is 12.5. The Morgan fingerprint density at radius 3 is 2.36 bits per heavy atom. The number of nitrogens with two attached hydrogens (primary N) is 1. The number of hydrogen-bond donors (Lipinski definition) is 2. The van der Waals surface area contributed by atoms with E-state index in [1.807, 2.05) is 36.4 Å². The average molecular weight is 430 g/mol. The number of carbonyl (C=O) groups excluding carboxylic acids is 1. The Labute approximate surface area is 162 Å². The van der Waals surface area contributed by atoms with Gasteiger partial charge in [0, 0.05) is 22.6 Å². The predicted molar refractivity (Wildman–Crippen MR) is 104 cm³/mol. The van der Waals surface area contributed by atoms with Gasteiger partial charge in [-0.05, 0) is 36.8 Å². The molecular weight excluding hydrogens is 408 g/mol. The number of ether oxygens (including phenoxy) is 2. The summed E-state index contributed by atoms with van der Waals surface area (Å²) in [5.41, 5.74) is 6.70. The molecule has 7 heteroatoms. The monoisotopic (exact) mass is 428 g/mol. The van der Waals surface area contributed by atoms with Crippen molar-refractivity contribution in [1.29, 1.82) is 0 Å². The summed E-state index contributed by atoms with van der Waals surface area (Å²) in [6.07, 6.45) is 0. The number of hydrogen-bond acceptors (Lipinski definition) is 4. The molecule has 25 heavy (non-hydrogen) atoms. The molecule has 0 saturated heterocycles. The summed E-state index contributed by atoms with van der Waals surface area (Å²) < 4.78 is 11.4. The molecule has 1 unspecified atom stereocenters. The SMILES string of the molecule is COc1ccc(CNC(=O)C(C)(N)c2ccc(Br)cc2)c(OC)c1.Cl. The molecule has 2 aromatic rings. The van der Waals surface area contributed by atoms with Gasteiger partial charge in [0.2, 0.25) is 5.91 Å². The van der Waals surface area contributed by atoms with Crippen molar-refractivity contribution in [3.63, 3.8) is 0 Å². The zero-order valence-corrected chi connectivity index (χ0v) is 16.7. The number of nitrogens with one attached hydrogen (secondary N) is 1. The molecule has 0 radical (unpaired) electrons. The summed E-state index contributed by atoms with van der Waals surface area (Å²) in [6.45, 7) is 2.01. The Bertz CT molecular complexity index is 721. The lowest BCUT2D eigenvalue weighted by atomic mass is 9.92. The van der Waals surface area contributed by atoms with Crippen molar-refractivity contribution in [2.75, 3.05) is 14.2 Å². The Balaban J connectivity index is 0.00000312. The van der Waals surface area contributed by atoms with Crippen LogP contribution in [0.15, 0.2) is 46.9 Å². The Kier molecular flexibility index (Phi) is 7.73.